The average molecular weight is 354 g/mol. The van der Waals surface area contributed by atoms with Crippen molar-refractivity contribution in [2.45, 2.75) is 45.6 Å². The molecule has 2 heterocycles. The van der Waals surface area contributed by atoms with E-state index in [1.807, 2.05) is 30.1 Å². The summed E-state index contributed by atoms with van der Waals surface area (Å²) in [5.74, 6) is 1.22. The van der Waals surface area contributed by atoms with Crippen molar-refractivity contribution in [2.75, 3.05) is 5.32 Å². The summed E-state index contributed by atoms with van der Waals surface area (Å²) in [6.45, 7) is 4.96. The van der Waals surface area contributed by atoms with E-state index in [4.69, 9.17) is 16.6 Å². The third-order valence-corrected chi connectivity index (χ3v) is 6.13. The molecule has 5 rings (SSSR count). The van der Waals surface area contributed by atoms with Crippen molar-refractivity contribution in [1.82, 2.24) is 19.7 Å². The molecular weight excluding hydrogens is 334 g/mol. The third kappa shape index (κ3) is 2.41. The summed E-state index contributed by atoms with van der Waals surface area (Å²) >= 11 is 6.52. The minimum absolute atomic E-state index is 0.581. The lowest BCUT2D eigenvalue weighted by atomic mass is 10.1. The van der Waals surface area contributed by atoms with E-state index in [-0.39, 0.29) is 0 Å². The number of halogens is 1. The van der Waals surface area contributed by atoms with E-state index in [9.17, 15) is 0 Å². The zero-order chi connectivity index (χ0) is 17.2. The maximum absolute atomic E-state index is 6.52. The molecule has 2 saturated carbocycles. The summed E-state index contributed by atoms with van der Waals surface area (Å²) in [5, 5.41) is 9.47. The Bertz CT molecular complexity index is 989. The van der Waals surface area contributed by atoms with Crippen LogP contribution in [0.5, 0.6) is 0 Å². The van der Waals surface area contributed by atoms with Crippen LogP contribution in [0.1, 0.15) is 43.4 Å². The van der Waals surface area contributed by atoms with E-state index in [1.165, 1.54) is 24.8 Å². The summed E-state index contributed by atoms with van der Waals surface area (Å²) < 4.78 is 1.95. The SMILES string of the molecule is CCn1ncc(Nc2ncc3cc(Cl)c([C@@H]4CC45CC5)cc3n2)c1C. The Hall–Kier alpha value is -2.14. The Morgan fingerprint density at radius 3 is 2.84 bits per heavy atom. The first-order valence-corrected chi connectivity index (χ1v) is 9.23. The molecule has 128 valence electrons. The zero-order valence-electron chi connectivity index (χ0n) is 14.4. The number of nitrogens with zero attached hydrogens (tertiary/aromatic N) is 4. The number of fused-ring (bicyclic) bond motifs is 1. The van der Waals surface area contributed by atoms with Gasteiger partial charge in [-0.15, -0.1) is 0 Å². The Morgan fingerprint density at radius 2 is 2.16 bits per heavy atom. The Kier molecular flexibility index (Phi) is 3.14. The maximum atomic E-state index is 6.52. The number of benzene rings is 1. The molecule has 2 aliphatic rings. The van der Waals surface area contributed by atoms with Gasteiger partial charge < -0.3 is 5.32 Å². The van der Waals surface area contributed by atoms with Gasteiger partial charge in [0.2, 0.25) is 5.95 Å². The Morgan fingerprint density at radius 1 is 1.32 bits per heavy atom. The minimum atomic E-state index is 0.581. The van der Waals surface area contributed by atoms with E-state index in [1.54, 1.807) is 0 Å². The highest BCUT2D eigenvalue weighted by Gasteiger charge is 2.63. The van der Waals surface area contributed by atoms with E-state index >= 15 is 0 Å². The summed E-state index contributed by atoms with van der Waals surface area (Å²) in [4.78, 5) is 9.14. The van der Waals surface area contributed by atoms with Crippen LogP contribution < -0.4 is 5.32 Å². The van der Waals surface area contributed by atoms with Gasteiger partial charge in [-0.25, -0.2) is 9.97 Å². The van der Waals surface area contributed by atoms with Gasteiger partial charge in [0.15, 0.2) is 0 Å². The molecule has 2 fully saturated rings. The molecule has 1 spiro atoms. The molecule has 2 aromatic heterocycles. The van der Waals surface area contributed by atoms with Crippen LogP contribution in [0, 0.1) is 12.3 Å². The summed E-state index contributed by atoms with van der Waals surface area (Å²) in [6, 6.07) is 4.16. The normalized spacial score (nSPS) is 20.2. The monoisotopic (exact) mass is 353 g/mol. The van der Waals surface area contributed by atoms with Crippen molar-refractivity contribution >= 4 is 34.1 Å². The molecule has 5 nitrogen and oxygen atoms in total. The zero-order valence-corrected chi connectivity index (χ0v) is 15.1. The molecule has 0 amide bonds. The van der Waals surface area contributed by atoms with Gasteiger partial charge in [0.25, 0.3) is 0 Å². The first kappa shape index (κ1) is 15.1. The molecule has 1 N–H and O–H groups in total. The summed E-state index contributed by atoms with van der Waals surface area (Å²) in [7, 11) is 0. The third-order valence-electron chi connectivity index (χ3n) is 5.80. The Balaban J connectivity index is 1.49. The van der Waals surface area contributed by atoms with Gasteiger partial charge in [-0.1, -0.05) is 11.6 Å². The second kappa shape index (κ2) is 5.18. The van der Waals surface area contributed by atoms with Gasteiger partial charge in [0, 0.05) is 23.2 Å². The fourth-order valence-corrected chi connectivity index (χ4v) is 4.21. The largest absolute Gasteiger partial charge is 0.321 e. The number of rotatable bonds is 4. The van der Waals surface area contributed by atoms with Crippen molar-refractivity contribution < 1.29 is 0 Å². The first-order chi connectivity index (χ1) is 12.1. The maximum Gasteiger partial charge on any atom is 0.227 e. The van der Waals surface area contributed by atoms with Crippen molar-refractivity contribution in [3.05, 3.63) is 40.8 Å². The molecule has 6 heteroatoms. The molecule has 0 radical (unpaired) electrons. The topological polar surface area (TPSA) is 55.6 Å². The molecular formula is C19H20ClN5. The van der Waals surface area contributed by atoms with Crippen LogP contribution in [0.25, 0.3) is 10.9 Å². The predicted molar refractivity (Wildman–Crippen MR) is 99.5 cm³/mol. The number of hydrogen-bond acceptors (Lipinski definition) is 4. The standard InChI is InChI=1S/C19H20ClN5/c1-3-25-11(2)17(10-22-25)24-18-21-9-12-6-15(20)13(7-16(12)23-18)14-8-19(14)4-5-19/h6-7,9-10,14H,3-5,8H2,1-2H3,(H,21,23,24)/t14-/m0/s1. The molecule has 3 aromatic rings. The van der Waals surface area contributed by atoms with Crippen molar-refractivity contribution in [1.29, 1.82) is 0 Å². The molecule has 0 bridgehead atoms. The predicted octanol–water partition coefficient (Wildman–Crippen LogP) is 4.82. The Labute approximate surface area is 151 Å². The fourth-order valence-electron chi connectivity index (χ4n) is 3.90. The second-order valence-corrected chi connectivity index (χ2v) is 7.74. The quantitative estimate of drug-likeness (QED) is 0.730. The van der Waals surface area contributed by atoms with Crippen LogP contribution >= 0.6 is 11.6 Å². The lowest BCUT2D eigenvalue weighted by molar-refractivity contribution is 0.640. The van der Waals surface area contributed by atoms with Crippen LogP contribution in [-0.2, 0) is 6.54 Å². The van der Waals surface area contributed by atoms with Gasteiger partial charge in [0.05, 0.1) is 23.1 Å². The lowest BCUT2D eigenvalue weighted by Gasteiger charge is -2.08. The van der Waals surface area contributed by atoms with Gasteiger partial charge in [0.1, 0.15) is 0 Å². The number of hydrogen-bond donors (Lipinski definition) is 1. The van der Waals surface area contributed by atoms with Gasteiger partial charge >= 0.3 is 0 Å². The van der Waals surface area contributed by atoms with Crippen molar-refractivity contribution in [3.8, 4) is 0 Å². The number of nitrogens with one attached hydrogen (secondary N) is 1. The smallest absolute Gasteiger partial charge is 0.227 e. The van der Waals surface area contributed by atoms with Gasteiger partial charge in [-0.2, -0.15) is 5.10 Å². The summed E-state index contributed by atoms with van der Waals surface area (Å²) in [5.41, 5.74) is 4.80. The molecule has 25 heavy (non-hydrogen) atoms. The molecule has 0 saturated heterocycles. The highest BCUT2D eigenvalue weighted by molar-refractivity contribution is 6.32. The highest BCUT2D eigenvalue weighted by Crippen LogP contribution is 2.75. The van der Waals surface area contributed by atoms with Crippen LogP contribution in [0.3, 0.4) is 0 Å². The molecule has 1 aromatic carbocycles. The van der Waals surface area contributed by atoms with E-state index in [2.05, 4.69) is 28.4 Å². The van der Waals surface area contributed by atoms with E-state index < -0.39 is 0 Å². The lowest BCUT2D eigenvalue weighted by Crippen LogP contribution is -2.01. The van der Waals surface area contributed by atoms with E-state index in [0.717, 1.165) is 33.9 Å². The molecule has 0 unspecified atom stereocenters. The molecule has 1 atom stereocenters. The second-order valence-electron chi connectivity index (χ2n) is 7.33. The molecule has 0 aliphatic heterocycles. The van der Waals surface area contributed by atoms with Gasteiger partial charge in [-0.3, -0.25) is 4.68 Å². The van der Waals surface area contributed by atoms with Crippen LogP contribution in [0.4, 0.5) is 11.6 Å². The van der Waals surface area contributed by atoms with Crippen LogP contribution in [-0.4, -0.2) is 19.7 Å². The highest BCUT2D eigenvalue weighted by atomic mass is 35.5. The number of aryl methyl sites for hydroxylation is 1. The minimum Gasteiger partial charge on any atom is -0.321 e. The van der Waals surface area contributed by atoms with Crippen molar-refractivity contribution in [3.63, 3.8) is 0 Å². The average Bonchev–Trinajstić information content (AvgIpc) is 3.51. The van der Waals surface area contributed by atoms with Gasteiger partial charge in [-0.05, 0) is 62.1 Å². The first-order valence-electron chi connectivity index (χ1n) is 8.85. The van der Waals surface area contributed by atoms with Crippen molar-refractivity contribution in [2.24, 2.45) is 5.41 Å². The fraction of sp³-hybridized carbons (Fsp3) is 0.421. The number of aromatic nitrogens is 4. The van der Waals surface area contributed by atoms with E-state index in [0.29, 0.717) is 17.3 Å². The number of anilines is 2. The van der Waals surface area contributed by atoms with Crippen LogP contribution in [0.15, 0.2) is 24.5 Å². The van der Waals surface area contributed by atoms with Crippen LogP contribution in [0.2, 0.25) is 5.02 Å². The molecule has 2 aliphatic carbocycles. The summed E-state index contributed by atoms with van der Waals surface area (Å²) in [6.07, 6.45) is 7.64.